The molecule has 0 saturated heterocycles. The van der Waals surface area contributed by atoms with E-state index in [4.69, 9.17) is 0 Å². The van der Waals surface area contributed by atoms with Crippen molar-refractivity contribution in [1.82, 2.24) is 5.32 Å². The number of nitrogens with one attached hydrogen (secondary N) is 1. The van der Waals surface area contributed by atoms with Crippen LogP contribution in [-0.2, 0) is 17.3 Å². The molecule has 0 aromatic heterocycles. The van der Waals surface area contributed by atoms with E-state index < -0.39 is 10.8 Å². The van der Waals surface area contributed by atoms with Crippen LogP contribution in [0.1, 0.15) is 30.0 Å². The van der Waals surface area contributed by atoms with Crippen LogP contribution in [0.5, 0.6) is 0 Å². The van der Waals surface area contributed by atoms with E-state index in [1.54, 1.807) is 6.26 Å². The predicted octanol–water partition coefficient (Wildman–Crippen LogP) is 2.55. The zero-order valence-corrected chi connectivity index (χ0v) is 12.1. The van der Waals surface area contributed by atoms with Crippen LogP contribution in [0.25, 0.3) is 0 Å². The summed E-state index contributed by atoms with van der Waals surface area (Å²) in [6.45, 7) is 8.10. The SMILES string of the molecule is Cc1cc(C)cc(CNCCC(C)S(C)=O)c1. The van der Waals surface area contributed by atoms with Gasteiger partial charge in [-0.2, -0.15) is 0 Å². The molecule has 1 rings (SSSR count). The second kappa shape index (κ2) is 6.92. The molecular formula is C14H23NOS. The minimum absolute atomic E-state index is 0.279. The molecule has 2 unspecified atom stereocenters. The van der Waals surface area contributed by atoms with Gasteiger partial charge in [-0.1, -0.05) is 36.2 Å². The van der Waals surface area contributed by atoms with Gasteiger partial charge in [-0.3, -0.25) is 4.21 Å². The normalized spacial score (nSPS) is 14.6. The zero-order chi connectivity index (χ0) is 12.8. The highest BCUT2D eigenvalue weighted by Gasteiger charge is 2.04. The van der Waals surface area contributed by atoms with Gasteiger partial charge in [0.05, 0.1) is 0 Å². The van der Waals surface area contributed by atoms with Gasteiger partial charge in [0.25, 0.3) is 0 Å². The Morgan fingerprint density at radius 1 is 1.24 bits per heavy atom. The Labute approximate surface area is 107 Å². The third-order valence-corrected chi connectivity index (χ3v) is 4.27. The Morgan fingerprint density at radius 3 is 2.35 bits per heavy atom. The monoisotopic (exact) mass is 253 g/mol. The number of rotatable bonds is 6. The molecular weight excluding hydrogens is 230 g/mol. The second-order valence-electron chi connectivity index (χ2n) is 4.77. The van der Waals surface area contributed by atoms with Crippen LogP contribution in [-0.4, -0.2) is 22.3 Å². The first-order valence-electron chi connectivity index (χ1n) is 6.09. The molecule has 1 aromatic carbocycles. The predicted molar refractivity (Wildman–Crippen MR) is 75.8 cm³/mol. The highest BCUT2D eigenvalue weighted by molar-refractivity contribution is 7.84. The van der Waals surface area contributed by atoms with Crippen LogP contribution in [0.3, 0.4) is 0 Å². The molecule has 0 saturated carbocycles. The van der Waals surface area contributed by atoms with Gasteiger partial charge < -0.3 is 5.32 Å². The maximum atomic E-state index is 11.2. The van der Waals surface area contributed by atoms with Gasteiger partial charge >= 0.3 is 0 Å². The minimum Gasteiger partial charge on any atom is -0.313 e. The van der Waals surface area contributed by atoms with E-state index in [2.05, 4.69) is 37.4 Å². The van der Waals surface area contributed by atoms with Gasteiger partial charge in [0.1, 0.15) is 0 Å². The van der Waals surface area contributed by atoms with E-state index in [-0.39, 0.29) is 5.25 Å². The van der Waals surface area contributed by atoms with Gasteiger partial charge in [0.15, 0.2) is 0 Å². The molecule has 0 aliphatic rings. The number of benzene rings is 1. The van der Waals surface area contributed by atoms with Crippen molar-refractivity contribution >= 4 is 10.8 Å². The lowest BCUT2D eigenvalue weighted by molar-refractivity contribution is 0.628. The summed E-state index contributed by atoms with van der Waals surface area (Å²) < 4.78 is 11.2. The average molecular weight is 253 g/mol. The quantitative estimate of drug-likeness (QED) is 0.789. The smallest absolute Gasteiger partial charge is 0.0329 e. The maximum Gasteiger partial charge on any atom is 0.0329 e. The summed E-state index contributed by atoms with van der Waals surface area (Å²) in [6.07, 6.45) is 2.74. The Hall–Kier alpha value is -0.670. The molecule has 3 heteroatoms. The molecule has 0 heterocycles. The zero-order valence-electron chi connectivity index (χ0n) is 11.2. The molecule has 0 aliphatic carbocycles. The lowest BCUT2D eigenvalue weighted by Gasteiger charge is -2.10. The van der Waals surface area contributed by atoms with Gasteiger partial charge in [0.2, 0.25) is 0 Å². The molecule has 96 valence electrons. The van der Waals surface area contributed by atoms with Crippen molar-refractivity contribution in [3.63, 3.8) is 0 Å². The molecule has 0 amide bonds. The first kappa shape index (κ1) is 14.4. The van der Waals surface area contributed by atoms with E-state index in [0.717, 1.165) is 19.5 Å². The minimum atomic E-state index is -0.706. The van der Waals surface area contributed by atoms with Crippen LogP contribution in [0, 0.1) is 13.8 Å². The van der Waals surface area contributed by atoms with Crippen molar-refractivity contribution in [1.29, 1.82) is 0 Å². The fourth-order valence-corrected chi connectivity index (χ4v) is 2.32. The summed E-state index contributed by atoms with van der Waals surface area (Å²) in [5, 5.41) is 3.69. The summed E-state index contributed by atoms with van der Waals surface area (Å²) >= 11 is 0. The average Bonchev–Trinajstić information content (AvgIpc) is 2.22. The van der Waals surface area contributed by atoms with Crippen molar-refractivity contribution in [3.05, 3.63) is 34.9 Å². The van der Waals surface area contributed by atoms with Gasteiger partial charge in [-0.05, 0) is 32.4 Å². The molecule has 1 aromatic rings. The molecule has 1 N–H and O–H groups in total. The van der Waals surface area contributed by atoms with Crippen LogP contribution < -0.4 is 5.32 Å². The summed E-state index contributed by atoms with van der Waals surface area (Å²) in [5.41, 5.74) is 3.95. The number of hydrogen-bond acceptors (Lipinski definition) is 2. The van der Waals surface area contributed by atoms with E-state index in [9.17, 15) is 4.21 Å². The second-order valence-corrected chi connectivity index (χ2v) is 6.57. The summed E-state index contributed by atoms with van der Waals surface area (Å²) in [6, 6.07) is 6.61. The van der Waals surface area contributed by atoms with Gasteiger partial charge in [0, 0.05) is 28.9 Å². The standard InChI is InChI=1S/C14H23NOS/c1-11-7-12(2)9-14(8-11)10-15-6-5-13(3)17(4)16/h7-9,13,15H,5-6,10H2,1-4H3. The fourth-order valence-electron chi connectivity index (χ4n) is 1.88. The largest absolute Gasteiger partial charge is 0.313 e. The van der Waals surface area contributed by atoms with Gasteiger partial charge in [-0.15, -0.1) is 0 Å². The maximum absolute atomic E-state index is 11.2. The van der Waals surface area contributed by atoms with E-state index >= 15 is 0 Å². The molecule has 0 bridgehead atoms. The molecule has 0 radical (unpaired) electrons. The summed E-state index contributed by atoms with van der Waals surface area (Å²) in [5.74, 6) is 0. The number of aryl methyl sites for hydroxylation is 2. The number of hydrogen-bond donors (Lipinski definition) is 1. The Balaban J connectivity index is 2.33. The highest BCUT2D eigenvalue weighted by Crippen LogP contribution is 2.08. The molecule has 0 aliphatic heterocycles. The highest BCUT2D eigenvalue weighted by atomic mass is 32.2. The molecule has 2 atom stereocenters. The van der Waals surface area contributed by atoms with Crippen molar-refractivity contribution < 1.29 is 4.21 Å². The Morgan fingerprint density at radius 2 is 1.82 bits per heavy atom. The first-order valence-corrected chi connectivity index (χ1v) is 7.71. The fraction of sp³-hybridized carbons (Fsp3) is 0.571. The van der Waals surface area contributed by atoms with Crippen molar-refractivity contribution in [2.45, 2.75) is 39.0 Å². The van der Waals surface area contributed by atoms with Crippen molar-refractivity contribution in [2.75, 3.05) is 12.8 Å². The lowest BCUT2D eigenvalue weighted by atomic mass is 10.1. The van der Waals surface area contributed by atoms with E-state index in [1.165, 1.54) is 16.7 Å². The first-order chi connectivity index (χ1) is 7.99. The lowest BCUT2D eigenvalue weighted by Crippen LogP contribution is -2.21. The third kappa shape index (κ3) is 5.46. The topological polar surface area (TPSA) is 29.1 Å². The van der Waals surface area contributed by atoms with Crippen molar-refractivity contribution in [3.8, 4) is 0 Å². The summed E-state index contributed by atoms with van der Waals surface area (Å²) in [4.78, 5) is 0. The molecule has 0 fully saturated rings. The van der Waals surface area contributed by atoms with Crippen LogP contribution in [0.2, 0.25) is 0 Å². The van der Waals surface area contributed by atoms with E-state index in [1.807, 2.05) is 6.92 Å². The van der Waals surface area contributed by atoms with Crippen LogP contribution in [0.4, 0.5) is 0 Å². The van der Waals surface area contributed by atoms with Crippen molar-refractivity contribution in [2.24, 2.45) is 0 Å². The Bertz CT molecular complexity index is 370. The molecule has 0 spiro atoms. The molecule has 17 heavy (non-hydrogen) atoms. The Kier molecular flexibility index (Phi) is 5.86. The van der Waals surface area contributed by atoms with E-state index in [0.29, 0.717) is 0 Å². The molecule has 2 nitrogen and oxygen atoms in total. The van der Waals surface area contributed by atoms with Gasteiger partial charge in [-0.25, -0.2) is 0 Å². The summed E-state index contributed by atoms with van der Waals surface area (Å²) in [7, 11) is -0.706. The van der Waals surface area contributed by atoms with Crippen LogP contribution >= 0.6 is 0 Å². The third-order valence-electron chi connectivity index (χ3n) is 2.90. The van der Waals surface area contributed by atoms with Crippen LogP contribution in [0.15, 0.2) is 18.2 Å².